The maximum atomic E-state index is 10.2. The first-order valence-corrected chi connectivity index (χ1v) is 7.16. The first kappa shape index (κ1) is 14.5. The molecule has 2 atom stereocenters. The molecule has 0 aliphatic carbocycles. The molecule has 0 aromatic heterocycles. The van der Waals surface area contributed by atoms with Crippen molar-refractivity contribution in [2.45, 2.75) is 44.8 Å². The van der Waals surface area contributed by atoms with Crippen LogP contribution in [0.5, 0.6) is 0 Å². The van der Waals surface area contributed by atoms with E-state index in [-0.39, 0.29) is 0 Å². The molecule has 2 rings (SSSR count). The molecule has 0 spiro atoms. The van der Waals surface area contributed by atoms with Gasteiger partial charge in [0.1, 0.15) is 0 Å². The number of likely N-dealkylation sites (tertiary alicyclic amines) is 1. The molecule has 106 valence electrons. The van der Waals surface area contributed by atoms with Gasteiger partial charge in [-0.3, -0.25) is 0 Å². The molecule has 3 nitrogen and oxygen atoms in total. The third kappa shape index (κ3) is 4.30. The van der Waals surface area contributed by atoms with E-state index in [1.54, 1.807) is 0 Å². The van der Waals surface area contributed by atoms with Gasteiger partial charge >= 0.3 is 0 Å². The van der Waals surface area contributed by atoms with Crippen molar-refractivity contribution in [3.05, 3.63) is 35.4 Å². The van der Waals surface area contributed by atoms with Crippen LogP contribution in [0.3, 0.4) is 0 Å². The average molecular weight is 263 g/mol. The van der Waals surface area contributed by atoms with Gasteiger partial charge in [0.25, 0.3) is 0 Å². The Morgan fingerprint density at radius 1 is 1.32 bits per heavy atom. The van der Waals surface area contributed by atoms with E-state index < -0.39 is 11.7 Å². The Labute approximate surface area is 115 Å². The zero-order chi connectivity index (χ0) is 13.9. The van der Waals surface area contributed by atoms with E-state index in [0.717, 1.165) is 37.9 Å². The molecule has 1 aromatic carbocycles. The minimum Gasteiger partial charge on any atom is -0.389 e. The van der Waals surface area contributed by atoms with Gasteiger partial charge in [0.15, 0.2) is 0 Å². The summed E-state index contributed by atoms with van der Waals surface area (Å²) >= 11 is 0. The molecule has 2 unspecified atom stereocenters. The molecule has 1 heterocycles. The molecule has 19 heavy (non-hydrogen) atoms. The number of benzene rings is 1. The molecule has 0 radical (unpaired) electrons. The van der Waals surface area contributed by atoms with Gasteiger partial charge in [-0.1, -0.05) is 29.8 Å². The summed E-state index contributed by atoms with van der Waals surface area (Å²) in [5, 5.41) is 20.2. The van der Waals surface area contributed by atoms with Crippen molar-refractivity contribution in [2.24, 2.45) is 0 Å². The van der Waals surface area contributed by atoms with E-state index in [4.69, 9.17) is 0 Å². The molecule has 0 bridgehead atoms. The van der Waals surface area contributed by atoms with Crippen molar-refractivity contribution in [1.82, 2.24) is 4.90 Å². The normalized spacial score (nSPS) is 26.3. The Morgan fingerprint density at radius 2 is 2.00 bits per heavy atom. The highest BCUT2D eigenvalue weighted by atomic mass is 16.3. The van der Waals surface area contributed by atoms with Crippen molar-refractivity contribution in [1.29, 1.82) is 0 Å². The second kappa shape index (κ2) is 6.04. The first-order valence-electron chi connectivity index (χ1n) is 7.16. The van der Waals surface area contributed by atoms with Gasteiger partial charge in [0.2, 0.25) is 0 Å². The van der Waals surface area contributed by atoms with Crippen LogP contribution in [0.25, 0.3) is 0 Å². The fourth-order valence-corrected chi connectivity index (χ4v) is 2.77. The van der Waals surface area contributed by atoms with Gasteiger partial charge < -0.3 is 15.1 Å². The van der Waals surface area contributed by atoms with E-state index in [0.29, 0.717) is 6.54 Å². The third-order valence-electron chi connectivity index (χ3n) is 3.93. The number of nitrogens with zero attached hydrogens (tertiary/aromatic N) is 1. The lowest BCUT2D eigenvalue weighted by molar-refractivity contribution is -0.0191. The molecule has 1 saturated heterocycles. The molecule has 1 aliphatic heterocycles. The molecule has 1 aromatic rings. The second-order valence-corrected chi connectivity index (χ2v) is 6.09. The van der Waals surface area contributed by atoms with Crippen LogP contribution in [0, 0.1) is 6.92 Å². The topological polar surface area (TPSA) is 43.7 Å². The van der Waals surface area contributed by atoms with Crippen molar-refractivity contribution in [3.8, 4) is 0 Å². The molecular weight excluding hydrogens is 238 g/mol. The van der Waals surface area contributed by atoms with Crippen LogP contribution < -0.4 is 0 Å². The SMILES string of the molecule is Cc1ccc(C(O)CCN2CCCC(C)(O)C2)cc1. The van der Waals surface area contributed by atoms with Crippen molar-refractivity contribution in [3.63, 3.8) is 0 Å². The highest BCUT2D eigenvalue weighted by Crippen LogP contribution is 2.22. The Morgan fingerprint density at radius 3 is 2.63 bits per heavy atom. The standard InChI is InChI=1S/C16H25NO2/c1-13-4-6-14(7-5-13)15(18)8-11-17-10-3-9-16(2,19)12-17/h4-7,15,18-19H,3,8-12H2,1-2H3. The zero-order valence-corrected chi connectivity index (χ0v) is 12.0. The van der Waals surface area contributed by atoms with Crippen LogP contribution in [0.1, 0.15) is 43.4 Å². The molecule has 1 aliphatic rings. The molecule has 0 amide bonds. The predicted molar refractivity (Wildman–Crippen MR) is 77.1 cm³/mol. The summed E-state index contributed by atoms with van der Waals surface area (Å²) in [6.07, 6.45) is 2.23. The quantitative estimate of drug-likeness (QED) is 0.876. The third-order valence-corrected chi connectivity index (χ3v) is 3.93. The van der Waals surface area contributed by atoms with Crippen LogP contribution >= 0.6 is 0 Å². The monoisotopic (exact) mass is 263 g/mol. The molecule has 3 heteroatoms. The summed E-state index contributed by atoms with van der Waals surface area (Å²) in [7, 11) is 0. The number of aliphatic hydroxyl groups excluding tert-OH is 1. The van der Waals surface area contributed by atoms with Gasteiger partial charge in [0, 0.05) is 13.1 Å². The number of aryl methyl sites for hydroxylation is 1. The summed E-state index contributed by atoms with van der Waals surface area (Å²) in [4.78, 5) is 2.25. The van der Waals surface area contributed by atoms with Crippen LogP contribution in [-0.2, 0) is 0 Å². The second-order valence-electron chi connectivity index (χ2n) is 6.09. The predicted octanol–water partition coefficient (Wildman–Crippen LogP) is 2.27. The lowest BCUT2D eigenvalue weighted by Crippen LogP contribution is -2.46. The van der Waals surface area contributed by atoms with E-state index in [2.05, 4.69) is 4.90 Å². The Bertz CT molecular complexity index is 400. The zero-order valence-electron chi connectivity index (χ0n) is 12.0. The number of hydrogen-bond donors (Lipinski definition) is 2. The minimum absolute atomic E-state index is 0.410. The van der Waals surface area contributed by atoms with Crippen molar-refractivity contribution < 1.29 is 10.2 Å². The summed E-state index contributed by atoms with van der Waals surface area (Å²) in [6.45, 7) is 6.52. The van der Waals surface area contributed by atoms with Crippen LogP contribution in [0.15, 0.2) is 24.3 Å². The fourth-order valence-electron chi connectivity index (χ4n) is 2.77. The fraction of sp³-hybridized carbons (Fsp3) is 0.625. The first-order chi connectivity index (χ1) is 8.96. The molecule has 1 fully saturated rings. The maximum Gasteiger partial charge on any atom is 0.0802 e. The van der Waals surface area contributed by atoms with E-state index in [9.17, 15) is 10.2 Å². The Hall–Kier alpha value is -0.900. The van der Waals surface area contributed by atoms with Gasteiger partial charge in [-0.15, -0.1) is 0 Å². The van der Waals surface area contributed by atoms with Gasteiger partial charge in [-0.05, 0) is 45.2 Å². The highest BCUT2D eigenvalue weighted by molar-refractivity contribution is 5.23. The number of aliphatic hydroxyl groups is 2. The molecular formula is C16H25NO2. The van der Waals surface area contributed by atoms with Crippen LogP contribution in [0.2, 0.25) is 0 Å². The van der Waals surface area contributed by atoms with E-state index in [1.165, 1.54) is 5.56 Å². The van der Waals surface area contributed by atoms with Crippen molar-refractivity contribution in [2.75, 3.05) is 19.6 Å². The lowest BCUT2D eigenvalue weighted by Gasteiger charge is -2.37. The average Bonchev–Trinajstić information content (AvgIpc) is 2.36. The number of piperidine rings is 1. The Balaban J connectivity index is 1.83. The van der Waals surface area contributed by atoms with Gasteiger partial charge in [-0.25, -0.2) is 0 Å². The summed E-state index contributed by atoms with van der Waals surface area (Å²) in [6, 6.07) is 8.05. The highest BCUT2D eigenvalue weighted by Gasteiger charge is 2.28. The molecule has 2 N–H and O–H groups in total. The number of rotatable bonds is 4. The summed E-state index contributed by atoms with van der Waals surface area (Å²) in [5.41, 5.74) is 1.63. The summed E-state index contributed by atoms with van der Waals surface area (Å²) in [5.74, 6) is 0. The maximum absolute atomic E-state index is 10.2. The minimum atomic E-state index is -0.562. The van der Waals surface area contributed by atoms with E-state index >= 15 is 0 Å². The van der Waals surface area contributed by atoms with Gasteiger partial charge in [-0.2, -0.15) is 0 Å². The van der Waals surface area contributed by atoms with Crippen LogP contribution in [-0.4, -0.2) is 40.3 Å². The smallest absolute Gasteiger partial charge is 0.0802 e. The van der Waals surface area contributed by atoms with Crippen molar-refractivity contribution >= 4 is 0 Å². The number of β-amino-alcohol motifs (C(OH)–C–C–N with tert-alkyl or cyclic N) is 1. The van der Waals surface area contributed by atoms with Crippen LogP contribution in [0.4, 0.5) is 0 Å². The van der Waals surface area contributed by atoms with Gasteiger partial charge in [0.05, 0.1) is 11.7 Å². The largest absolute Gasteiger partial charge is 0.389 e. The summed E-state index contributed by atoms with van der Waals surface area (Å²) < 4.78 is 0. The molecule has 0 saturated carbocycles. The number of hydrogen-bond acceptors (Lipinski definition) is 3. The van der Waals surface area contributed by atoms with E-state index in [1.807, 2.05) is 38.1 Å². The Kier molecular flexibility index (Phi) is 4.61. The lowest BCUT2D eigenvalue weighted by atomic mass is 9.95.